The summed E-state index contributed by atoms with van der Waals surface area (Å²) < 4.78 is 7.24. The van der Waals surface area contributed by atoms with E-state index in [-0.39, 0.29) is 12.1 Å². The minimum atomic E-state index is -0.228. The van der Waals surface area contributed by atoms with Gasteiger partial charge in [-0.25, -0.2) is 4.79 Å². The lowest BCUT2D eigenvalue weighted by atomic mass is 10.1. The van der Waals surface area contributed by atoms with Gasteiger partial charge in [0.1, 0.15) is 6.33 Å². The zero-order valence-electron chi connectivity index (χ0n) is 15.5. The van der Waals surface area contributed by atoms with Crippen molar-refractivity contribution in [2.75, 3.05) is 31.2 Å². The maximum atomic E-state index is 12.3. The summed E-state index contributed by atoms with van der Waals surface area (Å²) >= 11 is 0. The van der Waals surface area contributed by atoms with Crippen LogP contribution in [0.25, 0.3) is 0 Å². The molecule has 26 heavy (non-hydrogen) atoms. The Kier molecular flexibility index (Phi) is 5.72. The van der Waals surface area contributed by atoms with E-state index in [4.69, 9.17) is 4.74 Å². The summed E-state index contributed by atoms with van der Waals surface area (Å²) in [5, 5.41) is 13.7. The lowest BCUT2D eigenvalue weighted by Gasteiger charge is -2.31. The van der Waals surface area contributed by atoms with Crippen molar-refractivity contribution in [3.63, 3.8) is 0 Å². The number of carbonyl (C=O) groups is 1. The lowest BCUT2D eigenvalue weighted by molar-refractivity contribution is 0.122. The molecule has 3 rings (SSSR count). The summed E-state index contributed by atoms with van der Waals surface area (Å²) in [5.74, 6) is 0.712. The van der Waals surface area contributed by atoms with Crippen LogP contribution in [0.3, 0.4) is 0 Å². The molecule has 0 radical (unpaired) electrons. The maximum absolute atomic E-state index is 12.3. The average molecular weight is 358 g/mol. The zero-order valence-corrected chi connectivity index (χ0v) is 15.5. The molecule has 0 aliphatic carbocycles. The van der Waals surface area contributed by atoms with Gasteiger partial charge in [0.2, 0.25) is 0 Å². The van der Waals surface area contributed by atoms with Crippen LogP contribution in [0.5, 0.6) is 0 Å². The van der Waals surface area contributed by atoms with Crippen LogP contribution in [0, 0.1) is 6.92 Å². The number of ether oxygens (including phenoxy) is 1. The molecule has 0 bridgehead atoms. The van der Waals surface area contributed by atoms with Gasteiger partial charge in [-0.3, -0.25) is 0 Å². The number of benzene rings is 1. The van der Waals surface area contributed by atoms with Gasteiger partial charge in [0.05, 0.1) is 19.3 Å². The topological polar surface area (TPSA) is 84.3 Å². The molecule has 1 fully saturated rings. The van der Waals surface area contributed by atoms with Crippen LogP contribution in [-0.2, 0) is 18.3 Å². The molecule has 1 aliphatic rings. The van der Waals surface area contributed by atoms with E-state index in [1.54, 1.807) is 10.9 Å². The largest absolute Gasteiger partial charge is 0.378 e. The first-order chi connectivity index (χ1) is 12.5. The third-order valence-electron chi connectivity index (χ3n) is 4.51. The van der Waals surface area contributed by atoms with Crippen molar-refractivity contribution < 1.29 is 9.53 Å². The fraction of sp³-hybridized carbons (Fsp3) is 0.500. The quantitative estimate of drug-likeness (QED) is 0.847. The van der Waals surface area contributed by atoms with Gasteiger partial charge in [-0.1, -0.05) is 12.1 Å². The fourth-order valence-electron chi connectivity index (χ4n) is 3.09. The number of hydrogen-bond acceptors (Lipinski definition) is 5. The number of amides is 2. The van der Waals surface area contributed by atoms with Gasteiger partial charge >= 0.3 is 6.03 Å². The van der Waals surface area contributed by atoms with E-state index < -0.39 is 0 Å². The molecular formula is C18H26N6O2. The van der Waals surface area contributed by atoms with Crippen LogP contribution in [0.2, 0.25) is 0 Å². The average Bonchev–Trinajstić information content (AvgIpc) is 3.07. The van der Waals surface area contributed by atoms with Gasteiger partial charge in [-0.2, -0.15) is 0 Å². The first-order valence-corrected chi connectivity index (χ1v) is 8.85. The first kappa shape index (κ1) is 18.2. The molecule has 8 heteroatoms. The van der Waals surface area contributed by atoms with E-state index in [1.807, 2.05) is 14.0 Å². The van der Waals surface area contributed by atoms with Crippen LogP contribution >= 0.6 is 0 Å². The molecule has 1 unspecified atom stereocenters. The molecule has 1 saturated heterocycles. The zero-order chi connectivity index (χ0) is 18.5. The van der Waals surface area contributed by atoms with Gasteiger partial charge in [-0.05, 0) is 31.0 Å². The van der Waals surface area contributed by atoms with Gasteiger partial charge in [0.25, 0.3) is 0 Å². The first-order valence-electron chi connectivity index (χ1n) is 8.85. The number of rotatable bonds is 5. The number of aryl methyl sites for hydroxylation is 2. The second kappa shape index (κ2) is 8.18. The number of hydrogen-bond donors (Lipinski definition) is 2. The van der Waals surface area contributed by atoms with Gasteiger partial charge < -0.3 is 24.8 Å². The molecule has 2 aromatic rings. The molecular weight excluding hydrogens is 332 g/mol. The summed E-state index contributed by atoms with van der Waals surface area (Å²) in [7, 11) is 1.85. The smallest absolute Gasteiger partial charge is 0.315 e. The van der Waals surface area contributed by atoms with E-state index in [9.17, 15) is 4.79 Å². The van der Waals surface area contributed by atoms with Gasteiger partial charge in [0, 0.05) is 32.4 Å². The van der Waals surface area contributed by atoms with Crippen molar-refractivity contribution >= 4 is 11.7 Å². The number of morpholine rings is 1. The summed E-state index contributed by atoms with van der Waals surface area (Å²) in [4.78, 5) is 14.6. The Balaban J connectivity index is 1.62. The second-order valence-electron chi connectivity index (χ2n) is 6.58. The molecule has 0 spiro atoms. The fourth-order valence-corrected chi connectivity index (χ4v) is 3.09. The number of nitrogens with zero attached hydrogens (tertiary/aromatic N) is 4. The molecule has 8 nitrogen and oxygen atoms in total. The van der Waals surface area contributed by atoms with E-state index in [2.05, 4.69) is 50.9 Å². The Labute approximate surface area is 153 Å². The summed E-state index contributed by atoms with van der Waals surface area (Å²) in [5.41, 5.74) is 3.46. The SMILES string of the molecule is Cc1ccc(CNC(=O)NC(C)c2nncn2C)c(N2CCOCC2)c1. The highest BCUT2D eigenvalue weighted by molar-refractivity contribution is 5.74. The summed E-state index contributed by atoms with van der Waals surface area (Å²) in [6, 6.07) is 5.86. The Morgan fingerprint density at radius 2 is 2.12 bits per heavy atom. The van der Waals surface area contributed by atoms with Gasteiger partial charge in [0.15, 0.2) is 5.82 Å². The molecule has 1 aromatic carbocycles. The Morgan fingerprint density at radius 3 is 2.81 bits per heavy atom. The van der Waals surface area contributed by atoms with Gasteiger partial charge in [-0.15, -0.1) is 10.2 Å². The Morgan fingerprint density at radius 1 is 1.35 bits per heavy atom. The molecule has 1 aliphatic heterocycles. The van der Waals surface area contributed by atoms with Crippen molar-refractivity contribution in [1.29, 1.82) is 0 Å². The van der Waals surface area contributed by atoms with Crippen molar-refractivity contribution in [2.24, 2.45) is 7.05 Å². The minimum absolute atomic E-state index is 0.223. The Hall–Kier alpha value is -2.61. The third-order valence-corrected chi connectivity index (χ3v) is 4.51. The normalized spacial score (nSPS) is 15.6. The number of urea groups is 1. The molecule has 0 saturated carbocycles. The van der Waals surface area contributed by atoms with E-state index in [0.717, 1.165) is 37.6 Å². The van der Waals surface area contributed by atoms with Crippen molar-refractivity contribution in [3.05, 3.63) is 41.5 Å². The summed E-state index contributed by atoms with van der Waals surface area (Å²) in [6.45, 7) is 7.63. The maximum Gasteiger partial charge on any atom is 0.315 e. The minimum Gasteiger partial charge on any atom is -0.378 e. The lowest BCUT2D eigenvalue weighted by Crippen LogP contribution is -2.39. The van der Waals surface area contributed by atoms with Crippen LogP contribution in [0.1, 0.15) is 29.9 Å². The molecule has 2 amide bonds. The molecule has 1 atom stereocenters. The van der Waals surface area contributed by atoms with Crippen molar-refractivity contribution in [3.8, 4) is 0 Å². The number of carbonyl (C=O) groups excluding carboxylic acids is 1. The molecule has 140 valence electrons. The number of aromatic nitrogens is 3. The van der Waals surface area contributed by atoms with Crippen LogP contribution in [-0.4, -0.2) is 47.1 Å². The predicted molar refractivity (Wildman–Crippen MR) is 99.0 cm³/mol. The number of nitrogens with one attached hydrogen (secondary N) is 2. The molecule has 2 N–H and O–H groups in total. The number of anilines is 1. The van der Waals surface area contributed by atoms with E-state index in [1.165, 1.54) is 5.56 Å². The summed E-state index contributed by atoms with van der Waals surface area (Å²) in [6.07, 6.45) is 1.62. The van der Waals surface area contributed by atoms with Crippen molar-refractivity contribution in [1.82, 2.24) is 25.4 Å². The molecule has 2 heterocycles. The van der Waals surface area contributed by atoms with Crippen LogP contribution in [0.15, 0.2) is 24.5 Å². The van der Waals surface area contributed by atoms with E-state index in [0.29, 0.717) is 12.4 Å². The predicted octanol–water partition coefficient (Wildman–Crippen LogP) is 1.52. The Bertz CT molecular complexity index is 754. The van der Waals surface area contributed by atoms with E-state index >= 15 is 0 Å². The molecule has 1 aromatic heterocycles. The highest BCUT2D eigenvalue weighted by Gasteiger charge is 2.17. The van der Waals surface area contributed by atoms with Crippen molar-refractivity contribution in [2.45, 2.75) is 26.4 Å². The van der Waals surface area contributed by atoms with Crippen LogP contribution < -0.4 is 15.5 Å². The second-order valence-corrected chi connectivity index (χ2v) is 6.58. The highest BCUT2D eigenvalue weighted by atomic mass is 16.5. The monoisotopic (exact) mass is 358 g/mol. The highest BCUT2D eigenvalue weighted by Crippen LogP contribution is 2.23. The van der Waals surface area contributed by atoms with Crippen LogP contribution in [0.4, 0.5) is 10.5 Å². The third kappa shape index (κ3) is 4.32. The standard InChI is InChI=1S/C18H26N6O2/c1-13-4-5-15(16(10-13)24-6-8-26-9-7-24)11-19-18(25)21-14(2)17-22-20-12-23(17)3/h4-5,10,12,14H,6-9,11H2,1-3H3,(H2,19,21,25).